The third-order valence-corrected chi connectivity index (χ3v) is 3.65. The van der Waals surface area contributed by atoms with Crippen molar-refractivity contribution in [2.45, 2.75) is 38.7 Å². The third-order valence-electron chi connectivity index (χ3n) is 3.65. The molecule has 18 heavy (non-hydrogen) atoms. The topological polar surface area (TPSA) is 43.4 Å². The SMILES string of the molecule is C=C1C(=O)O[C@@H]2C/C(C)=C/CC/C(C=O)=C/C[C@@H]12. The van der Waals surface area contributed by atoms with Gasteiger partial charge in [0.05, 0.1) is 0 Å². The summed E-state index contributed by atoms with van der Waals surface area (Å²) in [5.41, 5.74) is 2.54. The second-order valence-corrected chi connectivity index (χ2v) is 5.00. The quantitative estimate of drug-likeness (QED) is 0.309. The normalized spacial score (nSPS) is 34.7. The fourth-order valence-electron chi connectivity index (χ4n) is 2.52. The molecule has 1 heterocycles. The average molecular weight is 246 g/mol. The molecule has 0 radical (unpaired) electrons. The van der Waals surface area contributed by atoms with E-state index < -0.39 is 0 Å². The summed E-state index contributed by atoms with van der Waals surface area (Å²) in [4.78, 5) is 22.5. The van der Waals surface area contributed by atoms with Crippen molar-refractivity contribution in [2.75, 3.05) is 0 Å². The Morgan fingerprint density at radius 2 is 2.22 bits per heavy atom. The van der Waals surface area contributed by atoms with Gasteiger partial charge in [0.25, 0.3) is 0 Å². The van der Waals surface area contributed by atoms with E-state index in [0.717, 1.165) is 31.1 Å². The lowest BCUT2D eigenvalue weighted by molar-refractivity contribution is -0.139. The number of rotatable bonds is 1. The number of carbonyl (C=O) groups excluding carboxylic acids is 2. The molecule has 1 aliphatic carbocycles. The molecule has 1 aliphatic heterocycles. The van der Waals surface area contributed by atoms with E-state index in [1.54, 1.807) is 0 Å². The molecule has 0 saturated carbocycles. The smallest absolute Gasteiger partial charge is 0.334 e. The van der Waals surface area contributed by atoms with Gasteiger partial charge in [-0.05, 0) is 31.8 Å². The number of hydrogen-bond acceptors (Lipinski definition) is 3. The zero-order valence-corrected chi connectivity index (χ0v) is 10.6. The molecule has 1 fully saturated rings. The zero-order valence-electron chi connectivity index (χ0n) is 10.6. The first-order chi connectivity index (χ1) is 8.61. The average Bonchev–Trinajstić information content (AvgIpc) is 2.60. The maximum absolute atomic E-state index is 11.6. The van der Waals surface area contributed by atoms with Gasteiger partial charge in [-0.15, -0.1) is 0 Å². The van der Waals surface area contributed by atoms with Crippen molar-refractivity contribution in [1.82, 2.24) is 0 Å². The van der Waals surface area contributed by atoms with Crippen LogP contribution in [0.5, 0.6) is 0 Å². The van der Waals surface area contributed by atoms with Crippen LogP contribution >= 0.6 is 0 Å². The molecule has 0 N–H and O–H groups in total. The lowest BCUT2D eigenvalue weighted by Crippen LogP contribution is -2.17. The number of hydrogen-bond donors (Lipinski definition) is 0. The first-order valence-electron chi connectivity index (χ1n) is 6.31. The summed E-state index contributed by atoms with van der Waals surface area (Å²) < 4.78 is 5.35. The molecule has 3 nitrogen and oxygen atoms in total. The fraction of sp³-hybridized carbons (Fsp3) is 0.467. The monoisotopic (exact) mass is 246 g/mol. The van der Waals surface area contributed by atoms with E-state index in [0.29, 0.717) is 12.0 Å². The Kier molecular flexibility index (Phi) is 3.80. The van der Waals surface area contributed by atoms with Gasteiger partial charge in [-0.25, -0.2) is 4.79 Å². The Balaban J connectivity index is 2.26. The van der Waals surface area contributed by atoms with Crippen LogP contribution in [0.25, 0.3) is 0 Å². The first kappa shape index (κ1) is 12.8. The van der Waals surface area contributed by atoms with E-state index in [2.05, 4.69) is 12.7 Å². The maximum atomic E-state index is 11.6. The highest BCUT2D eigenvalue weighted by molar-refractivity contribution is 5.90. The van der Waals surface area contributed by atoms with E-state index in [1.165, 1.54) is 5.57 Å². The van der Waals surface area contributed by atoms with Crippen LogP contribution in [0.2, 0.25) is 0 Å². The highest BCUT2D eigenvalue weighted by atomic mass is 16.6. The molecule has 96 valence electrons. The first-order valence-corrected chi connectivity index (χ1v) is 6.31. The van der Waals surface area contributed by atoms with Gasteiger partial charge < -0.3 is 4.74 Å². The standard InChI is InChI=1S/C15H18O3/c1-10-4-3-5-12(9-16)6-7-13-11(2)15(17)18-14(13)8-10/h4,6,9,13-14H,2-3,5,7-8H2,1H3/b10-4+,12-6-/t13-,14+/m0/s1. The predicted molar refractivity (Wildman–Crippen MR) is 68.9 cm³/mol. The molecule has 0 amide bonds. The molecule has 0 spiro atoms. The van der Waals surface area contributed by atoms with Gasteiger partial charge >= 0.3 is 5.97 Å². The van der Waals surface area contributed by atoms with Crippen LogP contribution in [-0.2, 0) is 14.3 Å². The van der Waals surface area contributed by atoms with Crippen LogP contribution in [0.15, 0.2) is 35.5 Å². The van der Waals surface area contributed by atoms with Gasteiger partial charge in [-0.3, -0.25) is 4.79 Å². The maximum Gasteiger partial charge on any atom is 0.334 e. The van der Waals surface area contributed by atoms with Crippen LogP contribution in [0.3, 0.4) is 0 Å². The van der Waals surface area contributed by atoms with Gasteiger partial charge in [0.2, 0.25) is 0 Å². The molecule has 0 bridgehead atoms. The third kappa shape index (κ3) is 2.61. The predicted octanol–water partition coefficient (Wildman–Crippen LogP) is 2.73. The van der Waals surface area contributed by atoms with Crippen molar-refractivity contribution in [2.24, 2.45) is 5.92 Å². The number of carbonyl (C=O) groups is 2. The van der Waals surface area contributed by atoms with Crippen molar-refractivity contribution < 1.29 is 14.3 Å². The number of fused-ring (bicyclic) bond motifs is 1. The lowest BCUT2D eigenvalue weighted by Gasteiger charge is -2.18. The second kappa shape index (κ2) is 5.34. The minimum absolute atomic E-state index is 0.00824. The molecule has 3 heteroatoms. The molecular formula is C15H18O3. The summed E-state index contributed by atoms with van der Waals surface area (Å²) in [6.07, 6.45) is 7.88. The van der Waals surface area contributed by atoms with Crippen molar-refractivity contribution >= 4 is 12.3 Å². The zero-order chi connectivity index (χ0) is 13.1. The summed E-state index contributed by atoms with van der Waals surface area (Å²) in [7, 11) is 0. The summed E-state index contributed by atoms with van der Waals surface area (Å²) >= 11 is 0. The second-order valence-electron chi connectivity index (χ2n) is 5.00. The Morgan fingerprint density at radius 1 is 1.44 bits per heavy atom. The molecule has 0 aromatic carbocycles. The van der Waals surface area contributed by atoms with E-state index in [-0.39, 0.29) is 18.0 Å². The van der Waals surface area contributed by atoms with E-state index in [4.69, 9.17) is 4.74 Å². The molecule has 2 rings (SSSR count). The minimum Gasteiger partial charge on any atom is -0.458 e. The van der Waals surface area contributed by atoms with E-state index >= 15 is 0 Å². The van der Waals surface area contributed by atoms with Crippen molar-refractivity contribution in [3.05, 3.63) is 35.5 Å². The summed E-state index contributed by atoms with van der Waals surface area (Å²) in [5.74, 6) is -0.285. The lowest BCUT2D eigenvalue weighted by atomic mass is 9.88. The van der Waals surface area contributed by atoms with Gasteiger partial charge in [-0.1, -0.05) is 24.3 Å². The summed E-state index contributed by atoms with van der Waals surface area (Å²) in [6, 6.07) is 0. The van der Waals surface area contributed by atoms with Crippen LogP contribution in [0.1, 0.15) is 32.6 Å². The highest BCUT2D eigenvalue weighted by Gasteiger charge is 2.37. The van der Waals surface area contributed by atoms with E-state index in [9.17, 15) is 9.59 Å². The van der Waals surface area contributed by atoms with Crippen LogP contribution in [0.4, 0.5) is 0 Å². The summed E-state index contributed by atoms with van der Waals surface area (Å²) in [6.45, 7) is 5.85. The van der Waals surface area contributed by atoms with Crippen molar-refractivity contribution in [3.63, 3.8) is 0 Å². The Bertz CT molecular complexity index is 443. The number of aldehydes is 1. The fourth-order valence-corrected chi connectivity index (χ4v) is 2.52. The molecule has 1 saturated heterocycles. The van der Waals surface area contributed by atoms with Crippen molar-refractivity contribution in [3.8, 4) is 0 Å². The van der Waals surface area contributed by atoms with Crippen molar-refractivity contribution in [1.29, 1.82) is 0 Å². The van der Waals surface area contributed by atoms with Gasteiger partial charge in [0, 0.05) is 17.9 Å². The van der Waals surface area contributed by atoms with Crippen LogP contribution in [-0.4, -0.2) is 18.4 Å². The summed E-state index contributed by atoms with van der Waals surface area (Å²) in [5, 5.41) is 0. The molecule has 2 aliphatic rings. The number of ether oxygens (including phenoxy) is 1. The molecular weight excluding hydrogens is 228 g/mol. The Labute approximate surface area is 107 Å². The van der Waals surface area contributed by atoms with Crippen LogP contribution < -0.4 is 0 Å². The molecule has 0 aromatic heterocycles. The number of allylic oxidation sites excluding steroid dienone is 3. The Morgan fingerprint density at radius 3 is 2.94 bits per heavy atom. The van der Waals surface area contributed by atoms with Gasteiger partial charge in [-0.2, -0.15) is 0 Å². The van der Waals surface area contributed by atoms with Crippen LogP contribution in [0, 0.1) is 5.92 Å². The Hall–Kier alpha value is -1.64. The minimum atomic E-state index is -0.293. The largest absolute Gasteiger partial charge is 0.458 e. The number of esters is 1. The molecule has 2 atom stereocenters. The van der Waals surface area contributed by atoms with E-state index in [1.807, 2.05) is 13.0 Å². The van der Waals surface area contributed by atoms with Gasteiger partial charge in [0.15, 0.2) is 0 Å². The molecule has 0 unspecified atom stereocenters. The highest BCUT2D eigenvalue weighted by Crippen LogP contribution is 2.34. The van der Waals surface area contributed by atoms with Gasteiger partial charge in [0.1, 0.15) is 12.4 Å². The molecule has 0 aromatic rings.